The average Bonchev–Trinajstić information content (AvgIpc) is 3.12. The van der Waals surface area contributed by atoms with Gasteiger partial charge in [-0.2, -0.15) is 4.31 Å². The Kier molecular flexibility index (Phi) is 6.51. The number of hydrogen-bond acceptors (Lipinski definition) is 6. The van der Waals surface area contributed by atoms with Gasteiger partial charge in [-0.3, -0.25) is 9.36 Å². The van der Waals surface area contributed by atoms with Gasteiger partial charge in [0.2, 0.25) is 10.0 Å². The molecule has 1 fully saturated rings. The number of amides is 1. The predicted octanol–water partition coefficient (Wildman–Crippen LogP) is 2.57. The minimum atomic E-state index is -3.81. The molecule has 11 heteroatoms. The van der Waals surface area contributed by atoms with Crippen molar-refractivity contribution in [3.8, 4) is 5.75 Å². The number of aromatic nitrogens is 1. The summed E-state index contributed by atoms with van der Waals surface area (Å²) in [5.41, 5.74) is 0.772. The Labute approximate surface area is 196 Å². The Morgan fingerprint density at radius 2 is 1.88 bits per heavy atom. The van der Waals surface area contributed by atoms with Crippen LogP contribution in [-0.2, 0) is 21.4 Å². The van der Waals surface area contributed by atoms with Crippen LogP contribution in [0.2, 0.25) is 5.02 Å². The highest BCUT2D eigenvalue weighted by atomic mass is 35.5. The molecule has 2 aromatic carbocycles. The van der Waals surface area contributed by atoms with E-state index in [1.165, 1.54) is 21.0 Å². The third kappa shape index (κ3) is 4.64. The second-order valence-corrected chi connectivity index (χ2v) is 10.1. The minimum Gasteiger partial charge on any atom is -0.481 e. The molecule has 1 amide bonds. The maximum atomic E-state index is 13.1. The predicted molar refractivity (Wildman–Crippen MR) is 123 cm³/mol. The molecule has 33 heavy (non-hydrogen) atoms. The summed E-state index contributed by atoms with van der Waals surface area (Å²) < 4.78 is 39.9. The van der Waals surface area contributed by atoms with E-state index in [2.05, 4.69) is 0 Å². The number of sulfonamides is 1. The molecule has 0 aliphatic carbocycles. The molecule has 1 aliphatic rings. The number of fused-ring (bicyclic) bond motifs is 1. The van der Waals surface area contributed by atoms with Gasteiger partial charge in [-0.15, -0.1) is 0 Å². The van der Waals surface area contributed by atoms with Crippen LogP contribution in [0.25, 0.3) is 11.1 Å². The number of benzene rings is 2. The number of hydrogen-bond donors (Lipinski definition) is 0. The van der Waals surface area contributed by atoms with E-state index in [4.69, 9.17) is 20.8 Å². The normalized spacial score (nSPS) is 16.2. The van der Waals surface area contributed by atoms with Crippen molar-refractivity contribution in [1.29, 1.82) is 0 Å². The Morgan fingerprint density at radius 3 is 2.55 bits per heavy atom. The first-order valence-electron chi connectivity index (χ1n) is 10.5. The first kappa shape index (κ1) is 23.3. The van der Waals surface area contributed by atoms with Crippen molar-refractivity contribution in [2.75, 3.05) is 26.2 Å². The van der Waals surface area contributed by atoms with Gasteiger partial charge in [0.15, 0.2) is 11.7 Å². The molecule has 0 N–H and O–H groups in total. The van der Waals surface area contributed by atoms with Crippen LogP contribution >= 0.6 is 11.6 Å². The number of piperazine rings is 1. The highest BCUT2D eigenvalue weighted by molar-refractivity contribution is 7.89. The van der Waals surface area contributed by atoms with Crippen LogP contribution in [0.4, 0.5) is 0 Å². The number of nitrogens with zero attached hydrogens (tertiary/aromatic N) is 3. The highest BCUT2D eigenvalue weighted by Gasteiger charge is 2.32. The van der Waals surface area contributed by atoms with Crippen LogP contribution in [0.1, 0.15) is 13.8 Å². The Bertz CT molecular complexity index is 1340. The molecule has 0 saturated carbocycles. The maximum Gasteiger partial charge on any atom is 0.419 e. The lowest BCUT2D eigenvalue weighted by Crippen LogP contribution is -2.53. The summed E-state index contributed by atoms with van der Waals surface area (Å²) in [6.45, 7) is 4.66. The van der Waals surface area contributed by atoms with Crippen molar-refractivity contribution in [1.82, 2.24) is 13.8 Å². The summed E-state index contributed by atoms with van der Waals surface area (Å²) in [4.78, 5) is 26.3. The molecule has 1 aliphatic heterocycles. The Balaban J connectivity index is 1.43. The number of aryl methyl sites for hydroxylation is 1. The molecule has 1 atom stereocenters. The van der Waals surface area contributed by atoms with Crippen molar-refractivity contribution >= 4 is 38.6 Å². The van der Waals surface area contributed by atoms with Crippen molar-refractivity contribution in [2.24, 2.45) is 0 Å². The lowest BCUT2D eigenvalue weighted by molar-refractivity contribution is -0.139. The van der Waals surface area contributed by atoms with Crippen LogP contribution in [0.5, 0.6) is 5.75 Å². The number of rotatable bonds is 6. The molecule has 0 bridgehead atoms. The highest BCUT2D eigenvalue weighted by Crippen LogP contribution is 2.23. The molecule has 0 radical (unpaired) electrons. The molecule has 0 spiro atoms. The summed E-state index contributed by atoms with van der Waals surface area (Å²) in [7, 11) is -3.81. The number of carbonyl (C=O) groups is 1. The van der Waals surface area contributed by atoms with Gasteiger partial charge >= 0.3 is 5.76 Å². The van der Waals surface area contributed by atoms with E-state index < -0.39 is 21.9 Å². The standard InChI is InChI=1S/C22H24ClN3O6S/c1-3-26-19-8-7-18(14-20(19)32-22(26)28)33(29,30)25-11-9-24(10-12-25)21(27)15(2)31-17-6-4-5-16(23)13-17/h4-8,13-15H,3,9-12H2,1-2H3. The number of carbonyl (C=O) groups excluding carboxylic acids is 1. The monoisotopic (exact) mass is 493 g/mol. The van der Waals surface area contributed by atoms with Crippen LogP contribution in [0, 0.1) is 0 Å². The van der Waals surface area contributed by atoms with E-state index in [-0.39, 0.29) is 42.6 Å². The van der Waals surface area contributed by atoms with Gasteiger partial charge in [0.1, 0.15) is 5.75 Å². The Hall–Kier alpha value is -2.82. The van der Waals surface area contributed by atoms with E-state index >= 15 is 0 Å². The molecule has 4 rings (SSSR count). The molecule has 176 valence electrons. The van der Waals surface area contributed by atoms with Crippen molar-refractivity contribution in [2.45, 2.75) is 31.4 Å². The summed E-state index contributed by atoms with van der Waals surface area (Å²) >= 11 is 5.95. The van der Waals surface area contributed by atoms with Gasteiger partial charge < -0.3 is 14.1 Å². The molecule has 1 aromatic heterocycles. The van der Waals surface area contributed by atoms with Crippen molar-refractivity contribution in [3.05, 3.63) is 58.0 Å². The van der Waals surface area contributed by atoms with E-state index in [0.717, 1.165) is 0 Å². The smallest absolute Gasteiger partial charge is 0.419 e. The quantitative estimate of drug-likeness (QED) is 0.523. The van der Waals surface area contributed by atoms with Gasteiger partial charge in [-0.1, -0.05) is 17.7 Å². The summed E-state index contributed by atoms with van der Waals surface area (Å²) in [6, 6.07) is 11.2. The fourth-order valence-electron chi connectivity index (χ4n) is 3.86. The first-order chi connectivity index (χ1) is 15.7. The van der Waals surface area contributed by atoms with E-state index in [1.807, 2.05) is 6.92 Å². The molecular weight excluding hydrogens is 470 g/mol. The SMILES string of the molecule is CCn1c(=O)oc2cc(S(=O)(=O)N3CCN(C(=O)C(C)Oc4cccc(Cl)c4)CC3)ccc21. The molecule has 1 unspecified atom stereocenters. The van der Waals surface area contributed by atoms with Gasteiger partial charge in [0, 0.05) is 43.8 Å². The summed E-state index contributed by atoms with van der Waals surface area (Å²) in [5, 5.41) is 0.509. The third-order valence-corrected chi connectivity index (χ3v) is 7.73. The molecule has 1 saturated heterocycles. The van der Waals surface area contributed by atoms with E-state index in [9.17, 15) is 18.0 Å². The van der Waals surface area contributed by atoms with Crippen LogP contribution in [0.3, 0.4) is 0 Å². The van der Waals surface area contributed by atoms with Crippen LogP contribution in [0.15, 0.2) is 56.6 Å². The van der Waals surface area contributed by atoms with Gasteiger partial charge in [-0.05, 0) is 44.2 Å². The molecule has 9 nitrogen and oxygen atoms in total. The average molecular weight is 494 g/mol. The van der Waals surface area contributed by atoms with Crippen molar-refractivity contribution in [3.63, 3.8) is 0 Å². The van der Waals surface area contributed by atoms with Crippen LogP contribution < -0.4 is 10.5 Å². The first-order valence-corrected chi connectivity index (χ1v) is 12.4. The fraction of sp³-hybridized carbons (Fsp3) is 0.364. The molecule has 3 aromatic rings. The zero-order valence-corrected chi connectivity index (χ0v) is 19.8. The van der Waals surface area contributed by atoms with Crippen molar-refractivity contribution < 1.29 is 22.4 Å². The maximum absolute atomic E-state index is 13.1. The molecule has 2 heterocycles. The van der Waals surface area contributed by atoms with Gasteiger partial charge in [0.05, 0.1) is 10.4 Å². The van der Waals surface area contributed by atoms with Gasteiger partial charge in [-0.25, -0.2) is 13.2 Å². The minimum absolute atomic E-state index is 0.0458. The second kappa shape index (κ2) is 9.20. The number of ether oxygens (including phenoxy) is 1. The summed E-state index contributed by atoms with van der Waals surface area (Å²) in [5.74, 6) is -0.261. The van der Waals surface area contributed by atoms with E-state index in [0.29, 0.717) is 22.8 Å². The topological polar surface area (TPSA) is 102 Å². The lowest BCUT2D eigenvalue weighted by Gasteiger charge is -2.35. The third-order valence-electron chi connectivity index (χ3n) is 5.60. The zero-order chi connectivity index (χ0) is 23.8. The molecular formula is C22H24ClN3O6S. The largest absolute Gasteiger partial charge is 0.481 e. The lowest BCUT2D eigenvalue weighted by atomic mass is 10.2. The number of oxazole rings is 1. The zero-order valence-electron chi connectivity index (χ0n) is 18.2. The van der Waals surface area contributed by atoms with E-state index in [1.54, 1.807) is 42.2 Å². The second-order valence-electron chi connectivity index (χ2n) is 7.69. The number of halogens is 1. The summed E-state index contributed by atoms with van der Waals surface area (Å²) in [6.07, 6.45) is -0.737. The fourth-order valence-corrected chi connectivity index (χ4v) is 5.47. The Morgan fingerprint density at radius 1 is 1.15 bits per heavy atom. The van der Waals surface area contributed by atoms with Crippen LogP contribution in [-0.4, -0.2) is 60.4 Å². The van der Waals surface area contributed by atoms with Gasteiger partial charge in [0.25, 0.3) is 5.91 Å².